The number of hydrogen-bond acceptors (Lipinski definition) is 18. The van der Waals surface area contributed by atoms with E-state index < -0.39 is 121 Å². The van der Waals surface area contributed by atoms with Crippen molar-refractivity contribution < 1.29 is 71.8 Å². The lowest BCUT2D eigenvalue weighted by Crippen LogP contribution is -2.70. The Balaban J connectivity index is 0.000000892. The predicted molar refractivity (Wildman–Crippen MR) is 137 cm³/mol. The van der Waals surface area contributed by atoms with Crippen LogP contribution in [0.2, 0.25) is 0 Å². The van der Waals surface area contributed by atoms with E-state index in [1.54, 1.807) is 7.05 Å². The van der Waals surface area contributed by atoms with E-state index in [1.807, 2.05) is 0 Å². The van der Waals surface area contributed by atoms with Gasteiger partial charge in [0.25, 0.3) is 0 Å². The van der Waals surface area contributed by atoms with Crippen molar-refractivity contribution in [3.8, 4) is 0 Å². The smallest absolute Gasteiger partial charge is 0.394 e. The molecule has 4 rings (SSSR count). The molecule has 17 atom stereocenters. The van der Waals surface area contributed by atoms with Crippen molar-refractivity contribution in [2.45, 2.75) is 117 Å². The third-order valence-electron chi connectivity index (χ3n) is 7.74. The quantitative estimate of drug-likeness (QED) is 0.120. The van der Waals surface area contributed by atoms with E-state index in [1.165, 1.54) is 0 Å². The minimum Gasteiger partial charge on any atom is -0.394 e. The molecule has 21 heteroatoms. The molecule has 0 aromatic heterocycles. The Morgan fingerprint density at radius 3 is 1.95 bits per heavy atom. The van der Waals surface area contributed by atoms with Gasteiger partial charge in [-0.15, -0.1) is 0 Å². The lowest BCUT2D eigenvalue weighted by molar-refractivity contribution is -0.373. The Morgan fingerprint density at radius 1 is 0.762 bits per heavy atom. The van der Waals surface area contributed by atoms with Gasteiger partial charge in [-0.2, -0.15) is 8.42 Å². The molecule has 3 aliphatic heterocycles. The molecular weight excluding hydrogens is 594 g/mol. The van der Waals surface area contributed by atoms with Crippen LogP contribution in [0.1, 0.15) is 12.8 Å². The predicted octanol–water partition coefficient (Wildman–Crippen LogP) is -7.60. The van der Waals surface area contributed by atoms with Crippen molar-refractivity contribution in [1.82, 2.24) is 5.32 Å². The van der Waals surface area contributed by atoms with Crippen molar-refractivity contribution >= 4 is 10.4 Å². The maximum Gasteiger partial charge on any atom is 0.394 e. The average Bonchev–Trinajstić information content (AvgIpc) is 2.90. The van der Waals surface area contributed by atoms with Crippen LogP contribution in [0, 0.1) is 0 Å². The van der Waals surface area contributed by atoms with Crippen molar-refractivity contribution in [1.29, 1.82) is 0 Å². The summed E-state index contributed by atoms with van der Waals surface area (Å²) < 4.78 is 60.8. The van der Waals surface area contributed by atoms with Gasteiger partial charge in [0.2, 0.25) is 0 Å². The van der Waals surface area contributed by atoms with Crippen molar-refractivity contribution in [3.63, 3.8) is 0 Å². The Labute approximate surface area is 241 Å². The van der Waals surface area contributed by atoms with Crippen molar-refractivity contribution in [2.75, 3.05) is 13.7 Å². The molecule has 4 fully saturated rings. The number of fused-ring (bicyclic) bond motifs is 1. The minimum atomic E-state index is -4.67. The molecule has 0 aromatic carbocycles. The van der Waals surface area contributed by atoms with E-state index in [0.717, 1.165) is 0 Å². The number of nitrogens with one attached hydrogen (secondary N) is 1. The topological polar surface area (TPSA) is 358 Å². The molecule has 17 N–H and O–H groups in total. The van der Waals surface area contributed by atoms with Crippen LogP contribution in [-0.4, -0.2) is 166 Å². The molecule has 20 nitrogen and oxygen atoms in total. The summed E-state index contributed by atoms with van der Waals surface area (Å²) in [7, 11) is -3.11. The van der Waals surface area contributed by atoms with Crippen LogP contribution in [0.5, 0.6) is 0 Å². The summed E-state index contributed by atoms with van der Waals surface area (Å²) in [4.78, 5) is 0. The van der Waals surface area contributed by atoms with Gasteiger partial charge in [0, 0.05) is 12.1 Å². The zero-order valence-corrected chi connectivity index (χ0v) is 23.4. The first-order valence-electron chi connectivity index (χ1n) is 13.2. The van der Waals surface area contributed by atoms with Crippen LogP contribution in [-0.2, 0) is 34.1 Å². The third kappa shape index (κ3) is 8.28. The lowest BCUT2D eigenvalue weighted by atomic mass is 9.84. The standard InChI is InChI=1S/C21H41N5O11.H2O4S/c1-26-11-14(30)18-8(33-20(11)37-21-16(32)13(29)10(25)9(4-27)34-21)3-7(24)19(36-18)35-17-6(23)2-5(22)12(28)15(17)31;1-5(2,3)4/h5-21,26-32H,2-4,22-25H2,1H3;(H2,1,2,3,4)/t5-,6-,7+,8-,9-,10-,11+,12+,13+,14-,15-,16+,17+,18-,19-,20-,21+;/m0./s1. The summed E-state index contributed by atoms with van der Waals surface area (Å²) in [6.07, 6.45) is -13.7. The van der Waals surface area contributed by atoms with Crippen molar-refractivity contribution in [3.05, 3.63) is 0 Å². The minimum absolute atomic E-state index is 0.156. The second kappa shape index (κ2) is 14.6. The first kappa shape index (κ1) is 35.7. The summed E-state index contributed by atoms with van der Waals surface area (Å²) in [5, 5.41) is 64.7. The number of nitrogens with two attached hydrogens (primary N) is 4. The van der Waals surface area contributed by atoms with Gasteiger partial charge in [0.1, 0.15) is 42.7 Å². The SMILES string of the molecule is CN[C@H]1[C@H](O[C@H]2O[C@@H](CO)[C@H](N)[C@@H](O)[C@H]2O)O[C@H]2C[C@@H](N)[C@@H](O[C@H]3[C@@H](O)[C@H](O)[C@@H](N)C[C@@H]3N)O[C@@H]2[C@H]1O.O=S(=O)(O)O. The monoisotopic (exact) mass is 637 g/mol. The maximum atomic E-state index is 11.1. The molecule has 0 aromatic rings. The first-order valence-corrected chi connectivity index (χ1v) is 14.6. The molecule has 0 bridgehead atoms. The average molecular weight is 638 g/mol. The van der Waals surface area contributed by atoms with Crippen LogP contribution in [0.15, 0.2) is 0 Å². The summed E-state index contributed by atoms with van der Waals surface area (Å²) in [5.41, 5.74) is 24.0. The van der Waals surface area contributed by atoms with Gasteiger partial charge in [0.05, 0.1) is 36.9 Å². The fourth-order valence-corrected chi connectivity index (χ4v) is 5.46. The number of aliphatic hydroxyl groups excluding tert-OH is 6. The second-order valence-corrected chi connectivity index (χ2v) is 11.6. The number of hydrogen-bond donors (Lipinski definition) is 13. The molecule has 1 aliphatic carbocycles. The van der Waals surface area contributed by atoms with Gasteiger partial charge in [-0.05, 0) is 19.9 Å². The van der Waals surface area contributed by atoms with Gasteiger partial charge < -0.3 is 82.6 Å². The van der Waals surface area contributed by atoms with Gasteiger partial charge >= 0.3 is 10.4 Å². The zero-order valence-electron chi connectivity index (χ0n) is 22.6. The fourth-order valence-electron chi connectivity index (χ4n) is 5.46. The molecule has 0 amide bonds. The number of ether oxygens (including phenoxy) is 5. The highest BCUT2D eigenvalue weighted by Crippen LogP contribution is 2.35. The normalized spacial score (nSPS) is 49.9. The molecule has 248 valence electrons. The number of rotatable bonds is 6. The molecule has 4 aliphatic rings. The van der Waals surface area contributed by atoms with E-state index in [-0.39, 0.29) is 12.8 Å². The van der Waals surface area contributed by atoms with Gasteiger partial charge in [-0.1, -0.05) is 0 Å². The van der Waals surface area contributed by atoms with Crippen LogP contribution >= 0.6 is 0 Å². The van der Waals surface area contributed by atoms with E-state index in [2.05, 4.69) is 5.32 Å². The van der Waals surface area contributed by atoms with Crippen molar-refractivity contribution in [2.24, 2.45) is 22.9 Å². The molecule has 3 heterocycles. The highest BCUT2D eigenvalue weighted by atomic mass is 32.3. The van der Waals surface area contributed by atoms with E-state index in [4.69, 9.17) is 64.1 Å². The Bertz CT molecular complexity index is 960. The van der Waals surface area contributed by atoms with E-state index in [9.17, 15) is 30.6 Å². The Hall–Kier alpha value is -0.770. The second-order valence-electron chi connectivity index (χ2n) is 10.7. The first-order chi connectivity index (χ1) is 19.5. The number of aliphatic hydroxyl groups is 6. The third-order valence-corrected chi connectivity index (χ3v) is 7.74. The largest absolute Gasteiger partial charge is 0.394 e. The van der Waals surface area contributed by atoms with E-state index >= 15 is 0 Å². The summed E-state index contributed by atoms with van der Waals surface area (Å²) in [6, 6.07) is -4.05. The molecule has 0 radical (unpaired) electrons. The maximum absolute atomic E-state index is 11.1. The number of likely N-dealkylation sites (N-methyl/N-ethyl adjacent to an activating group) is 1. The molecule has 0 unspecified atom stereocenters. The van der Waals surface area contributed by atoms with Gasteiger partial charge in [-0.25, -0.2) is 0 Å². The van der Waals surface area contributed by atoms with Gasteiger partial charge in [0.15, 0.2) is 18.9 Å². The lowest BCUT2D eigenvalue weighted by Gasteiger charge is -2.51. The highest BCUT2D eigenvalue weighted by molar-refractivity contribution is 7.79. The summed E-state index contributed by atoms with van der Waals surface area (Å²) in [6.45, 7) is -0.508. The Kier molecular flexibility index (Phi) is 12.4. The molecule has 3 saturated heterocycles. The molecule has 0 spiro atoms. The Morgan fingerprint density at radius 2 is 1.38 bits per heavy atom. The van der Waals surface area contributed by atoms with Crippen LogP contribution in [0.25, 0.3) is 0 Å². The van der Waals surface area contributed by atoms with E-state index in [0.29, 0.717) is 0 Å². The fraction of sp³-hybridized carbons (Fsp3) is 1.00. The highest BCUT2D eigenvalue weighted by Gasteiger charge is 2.54. The summed E-state index contributed by atoms with van der Waals surface area (Å²) in [5.74, 6) is 0. The van der Waals surface area contributed by atoms with Crippen LogP contribution < -0.4 is 28.3 Å². The zero-order chi connectivity index (χ0) is 31.7. The molecule has 42 heavy (non-hydrogen) atoms. The van der Waals surface area contributed by atoms with Crippen LogP contribution in [0.3, 0.4) is 0 Å². The molecular formula is C21H43N5O15S. The van der Waals surface area contributed by atoms with Crippen LogP contribution in [0.4, 0.5) is 0 Å². The van der Waals surface area contributed by atoms with Gasteiger partial charge in [-0.3, -0.25) is 9.11 Å². The summed E-state index contributed by atoms with van der Waals surface area (Å²) >= 11 is 0. The molecule has 1 saturated carbocycles.